The highest BCUT2D eigenvalue weighted by molar-refractivity contribution is 9.10. The maximum Gasteiger partial charge on any atom is 0.239 e. The molecule has 106 valence electrons. The summed E-state index contributed by atoms with van der Waals surface area (Å²) >= 11 is 3.44. The van der Waals surface area contributed by atoms with Gasteiger partial charge in [-0.1, -0.05) is 6.92 Å². The van der Waals surface area contributed by atoms with Crippen molar-refractivity contribution in [2.75, 3.05) is 19.0 Å². The van der Waals surface area contributed by atoms with Crippen LogP contribution in [-0.4, -0.2) is 23.6 Å². The van der Waals surface area contributed by atoms with E-state index in [1.807, 2.05) is 18.2 Å². The Labute approximate surface area is 126 Å². The maximum absolute atomic E-state index is 5.71. The van der Waals surface area contributed by atoms with Crippen LogP contribution in [0.5, 0.6) is 17.4 Å². The van der Waals surface area contributed by atoms with Gasteiger partial charge in [0.1, 0.15) is 17.3 Å². The highest BCUT2D eigenvalue weighted by Gasteiger charge is 2.06. The summed E-state index contributed by atoms with van der Waals surface area (Å²) in [5.74, 6) is 2.56. The average molecular weight is 338 g/mol. The summed E-state index contributed by atoms with van der Waals surface area (Å²) in [6.45, 7) is 2.94. The zero-order chi connectivity index (χ0) is 14.4. The topological polar surface area (TPSA) is 56.3 Å². The first-order valence-electron chi connectivity index (χ1n) is 6.30. The number of nitrogens with one attached hydrogen (secondary N) is 1. The summed E-state index contributed by atoms with van der Waals surface area (Å²) in [5, 5.41) is 3.17. The number of hydrogen-bond donors (Lipinski definition) is 1. The largest absolute Gasteiger partial charge is 0.497 e. The SMILES string of the molecule is CCCNc1cncc(Oc2ccc(OC)cc2Br)n1. The number of rotatable bonds is 6. The lowest BCUT2D eigenvalue weighted by Gasteiger charge is -2.09. The summed E-state index contributed by atoms with van der Waals surface area (Å²) in [4.78, 5) is 8.45. The summed E-state index contributed by atoms with van der Waals surface area (Å²) in [6, 6.07) is 5.48. The van der Waals surface area contributed by atoms with E-state index < -0.39 is 0 Å². The van der Waals surface area contributed by atoms with Crippen molar-refractivity contribution < 1.29 is 9.47 Å². The van der Waals surface area contributed by atoms with E-state index in [0.717, 1.165) is 23.2 Å². The second-order valence-corrected chi connectivity index (χ2v) is 4.92. The lowest BCUT2D eigenvalue weighted by atomic mass is 10.3. The smallest absolute Gasteiger partial charge is 0.239 e. The highest BCUT2D eigenvalue weighted by atomic mass is 79.9. The fourth-order valence-electron chi connectivity index (χ4n) is 1.54. The number of hydrogen-bond acceptors (Lipinski definition) is 5. The van der Waals surface area contributed by atoms with E-state index in [0.29, 0.717) is 17.4 Å². The molecule has 1 heterocycles. The molecule has 0 radical (unpaired) electrons. The number of methoxy groups -OCH3 is 1. The Balaban J connectivity index is 2.13. The molecular formula is C14H16BrN3O2. The predicted octanol–water partition coefficient (Wildman–Crippen LogP) is 3.86. The first-order chi connectivity index (χ1) is 9.72. The Morgan fingerprint density at radius 2 is 2.15 bits per heavy atom. The summed E-state index contributed by atoms with van der Waals surface area (Å²) < 4.78 is 11.7. The van der Waals surface area contributed by atoms with Gasteiger partial charge in [0.15, 0.2) is 0 Å². The van der Waals surface area contributed by atoms with Crippen molar-refractivity contribution >= 4 is 21.7 Å². The van der Waals surface area contributed by atoms with E-state index in [4.69, 9.17) is 9.47 Å². The molecule has 0 saturated heterocycles. The molecule has 0 aliphatic carbocycles. The average Bonchev–Trinajstić information content (AvgIpc) is 2.47. The third-order valence-corrected chi connectivity index (χ3v) is 3.14. The maximum atomic E-state index is 5.71. The van der Waals surface area contributed by atoms with Gasteiger partial charge in [0.25, 0.3) is 0 Å². The number of nitrogens with zero attached hydrogens (tertiary/aromatic N) is 2. The molecule has 1 aromatic heterocycles. The highest BCUT2D eigenvalue weighted by Crippen LogP contribution is 2.32. The Morgan fingerprint density at radius 3 is 2.85 bits per heavy atom. The molecule has 0 bridgehead atoms. The minimum atomic E-state index is 0.442. The lowest BCUT2D eigenvalue weighted by molar-refractivity contribution is 0.411. The molecule has 2 aromatic rings. The molecule has 0 saturated carbocycles. The standard InChI is InChI=1S/C14H16BrN3O2/c1-3-6-17-13-8-16-9-14(18-13)20-12-5-4-10(19-2)7-11(12)15/h4-5,7-9H,3,6H2,1-2H3,(H,17,18). The molecule has 0 atom stereocenters. The van der Waals surface area contributed by atoms with Gasteiger partial charge < -0.3 is 14.8 Å². The third-order valence-electron chi connectivity index (χ3n) is 2.52. The number of halogens is 1. The monoisotopic (exact) mass is 337 g/mol. The summed E-state index contributed by atoms with van der Waals surface area (Å²) in [5.41, 5.74) is 0. The minimum Gasteiger partial charge on any atom is -0.497 e. The van der Waals surface area contributed by atoms with Gasteiger partial charge in [0.2, 0.25) is 5.88 Å². The van der Waals surface area contributed by atoms with Crippen LogP contribution in [0.4, 0.5) is 5.82 Å². The molecule has 0 aliphatic rings. The van der Waals surface area contributed by atoms with Crippen LogP contribution in [0.2, 0.25) is 0 Å². The van der Waals surface area contributed by atoms with E-state index >= 15 is 0 Å². The molecule has 0 aliphatic heterocycles. The first-order valence-corrected chi connectivity index (χ1v) is 7.09. The molecule has 20 heavy (non-hydrogen) atoms. The molecule has 0 amide bonds. The van der Waals surface area contributed by atoms with E-state index in [-0.39, 0.29) is 0 Å². The number of anilines is 1. The Hall–Kier alpha value is -1.82. The van der Waals surface area contributed by atoms with Crippen molar-refractivity contribution in [3.8, 4) is 17.4 Å². The zero-order valence-electron chi connectivity index (χ0n) is 11.4. The zero-order valence-corrected chi connectivity index (χ0v) is 13.0. The van der Waals surface area contributed by atoms with E-state index in [1.165, 1.54) is 0 Å². The second-order valence-electron chi connectivity index (χ2n) is 4.07. The number of aromatic nitrogens is 2. The van der Waals surface area contributed by atoms with Gasteiger partial charge in [-0.2, -0.15) is 4.98 Å². The van der Waals surface area contributed by atoms with Crippen molar-refractivity contribution in [2.24, 2.45) is 0 Å². The molecule has 6 heteroatoms. The molecule has 0 spiro atoms. The van der Waals surface area contributed by atoms with Crippen LogP contribution in [0.3, 0.4) is 0 Å². The fraction of sp³-hybridized carbons (Fsp3) is 0.286. The Kier molecular flexibility index (Phi) is 5.17. The van der Waals surface area contributed by atoms with Crippen LogP contribution in [0.1, 0.15) is 13.3 Å². The van der Waals surface area contributed by atoms with Crippen LogP contribution in [0.25, 0.3) is 0 Å². The number of ether oxygens (including phenoxy) is 2. The molecular weight excluding hydrogens is 322 g/mol. The Bertz CT molecular complexity index is 578. The van der Waals surface area contributed by atoms with Crippen molar-refractivity contribution in [3.63, 3.8) is 0 Å². The second kappa shape index (κ2) is 7.09. The van der Waals surface area contributed by atoms with Crippen LogP contribution < -0.4 is 14.8 Å². The van der Waals surface area contributed by atoms with E-state index in [1.54, 1.807) is 19.5 Å². The van der Waals surface area contributed by atoms with Crippen molar-refractivity contribution in [1.29, 1.82) is 0 Å². The normalized spacial score (nSPS) is 10.2. The van der Waals surface area contributed by atoms with Crippen molar-refractivity contribution in [3.05, 3.63) is 35.1 Å². The van der Waals surface area contributed by atoms with Crippen LogP contribution in [0, 0.1) is 0 Å². The van der Waals surface area contributed by atoms with E-state index in [2.05, 4.69) is 38.1 Å². The van der Waals surface area contributed by atoms with Gasteiger partial charge in [0, 0.05) is 6.54 Å². The third kappa shape index (κ3) is 3.84. The lowest BCUT2D eigenvalue weighted by Crippen LogP contribution is -2.03. The quantitative estimate of drug-likeness (QED) is 0.867. The van der Waals surface area contributed by atoms with Gasteiger partial charge in [-0.15, -0.1) is 0 Å². The van der Waals surface area contributed by atoms with Gasteiger partial charge >= 0.3 is 0 Å². The van der Waals surface area contributed by atoms with Gasteiger partial charge in [-0.25, -0.2) is 0 Å². The predicted molar refractivity (Wildman–Crippen MR) is 81.6 cm³/mol. The van der Waals surface area contributed by atoms with Crippen LogP contribution in [-0.2, 0) is 0 Å². The molecule has 5 nitrogen and oxygen atoms in total. The van der Waals surface area contributed by atoms with Gasteiger partial charge in [-0.3, -0.25) is 4.98 Å². The molecule has 0 unspecified atom stereocenters. The van der Waals surface area contributed by atoms with Gasteiger partial charge in [-0.05, 0) is 40.5 Å². The van der Waals surface area contributed by atoms with Crippen LogP contribution in [0.15, 0.2) is 35.1 Å². The molecule has 2 rings (SSSR count). The summed E-state index contributed by atoms with van der Waals surface area (Å²) in [6.07, 6.45) is 4.27. The summed E-state index contributed by atoms with van der Waals surface area (Å²) in [7, 11) is 1.62. The van der Waals surface area contributed by atoms with Crippen molar-refractivity contribution in [2.45, 2.75) is 13.3 Å². The van der Waals surface area contributed by atoms with Crippen molar-refractivity contribution in [1.82, 2.24) is 9.97 Å². The van der Waals surface area contributed by atoms with Gasteiger partial charge in [0.05, 0.1) is 24.0 Å². The Morgan fingerprint density at radius 1 is 1.30 bits per heavy atom. The molecule has 1 N–H and O–H groups in total. The minimum absolute atomic E-state index is 0.442. The van der Waals surface area contributed by atoms with Crippen LogP contribution >= 0.6 is 15.9 Å². The molecule has 0 fully saturated rings. The first kappa shape index (κ1) is 14.6. The number of benzene rings is 1. The molecule has 1 aromatic carbocycles. The fourth-order valence-corrected chi connectivity index (χ4v) is 1.98. The van der Waals surface area contributed by atoms with E-state index in [9.17, 15) is 0 Å².